The van der Waals surface area contributed by atoms with Crippen molar-refractivity contribution in [3.05, 3.63) is 38.8 Å². The monoisotopic (exact) mass is 318 g/mol. The highest BCUT2D eigenvalue weighted by atomic mass is 32.1. The summed E-state index contributed by atoms with van der Waals surface area (Å²) in [6, 6.07) is 4.45. The lowest BCUT2D eigenvalue weighted by molar-refractivity contribution is -0.384. The zero-order valence-electron chi connectivity index (χ0n) is 11.3. The van der Waals surface area contributed by atoms with Crippen LogP contribution in [0, 0.1) is 10.1 Å². The highest BCUT2D eigenvalue weighted by molar-refractivity contribution is 7.16. The number of nitro benzene ring substituents is 1. The minimum atomic E-state index is -0.471. The highest BCUT2D eigenvalue weighted by Crippen LogP contribution is 2.40. The number of nitrogens with zero attached hydrogens (tertiary/aromatic N) is 3. The van der Waals surface area contributed by atoms with Crippen molar-refractivity contribution in [2.75, 3.05) is 5.48 Å². The fraction of sp³-hybridized carbons (Fsp3) is 0.0769. The number of non-ortho nitro benzene ring substituents is 1. The van der Waals surface area contributed by atoms with Crippen molar-refractivity contribution in [1.82, 2.24) is 4.98 Å². The second-order valence-corrected chi connectivity index (χ2v) is 5.56. The molecule has 2 heterocycles. The number of nitro groups is 1. The smallest absolute Gasteiger partial charge is 0.271 e. The van der Waals surface area contributed by atoms with Crippen molar-refractivity contribution < 1.29 is 15.2 Å². The standard InChI is InChI=1S/C13H10N4O4S/c1-6-9(5-11-12(18)15-13(16-19)22-11)8-3-2-7(17(20)21)4-10(8)14-6/h2-5,18-19H,1H3,(H,15,16)/b9-5+. The van der Waals surface area contributed by atoms with E-state index < -0.39 is 4.92 Å². The predicted octanol–water partition coefficient (Wildman–Crippen LogP) is 3.20. The molecule has 1 aliphatic heterocycles. The average molecular weight is 318 g/mol. The zero-order chi connectivity index (χ0) is 15.9. The third kappa shape index (κ3) is 2.32. The SMILES string of the molecule is CC1=Nc2cc([N+](=O)[O-])ccc2/C1=C/c1sc(NO)nc1O. The Balaban J connectivity index is 2.07. The number of aromatic hydroxyl groups is 1. The number of benzene rings is 1. The van der Waals surface area contributed by atoms with Gasteiger partial charge in [0.15, 0.2) is 0 Å². The number of thiazole rings is 1. The number of allylic oxidation sites excluding steroid dienone is 1. The van der Waals surface area contributed by atoms with Crippen LogP contribution in [0.25, 0.3) is 11.6 Å². The van der Waals surface area contributed by atoms with E-state index in [1.54, 1.807) is 19.1 Å². The van der Waals surface area contributed by atoms with E-state index in [0.29, 0.717) is 16.3 Å². The highest BCUT2D eigenvalue weighted by Gasteiger charge is 2.21. The number of aromatic nitrogens is 1. The Kier molecular flexibility index (Phi) is 3.35. The molecule has 2 aromatic rings. The molecule has 0 bridgehead atoms. The van der Waals surface area contributed by atoms with Crippen LogP contribution in [0.3, 0.4) is 0 Å². The number of nitrogens with one attached hydrogen (secondary N) is 1. The molecule has 0 fully saturated rings. The first-order valence-corrected chi connectivity index (χ1v) is 6.97. The molecule has 3 rings (SSSR count). The van der Waals surface area contributed by atoms with Gasteiger partial charge in [-0.2, -0.15) is 4.98 Å². The first kappa shape index (κ1) is 14.2. The Morgan fingerprint density at radius 2 is 2.23 bits per heavy atom. The molecular weight excluding hydrogens is 308 g/mol. The molecule has 0 spiro atoms. The Morgan fingerprint density at radius 1 is 1.45 bits per heavy atom. The Labute approximate surface area is 128 Å². The van der Waals surface area contributed by atoms with E-state index in [4.69, 9.17) is 5.21 Å². The van der Waals surface area contributed by atoms with E-state index in [0.717, 1.165) is 22.5 Å². The molecule has 8 nitrogen and oxygen atoms in total. The second kappa shape index (κ2) is 5.20. The van der Waals surface area contributed by atoms with Gasteiger partial charge in [0, 0.05) is 29.0 Å². The van der Waals surface area contributed by atoms with Crippen molar-refractivity contribution in [2.45, 2.75) is 6.92 Å². The number of anilines is 1. The topological polar surface area (TPSA) is 121 Å². The first-order valence-electron chi connectivity index (χ1n) is 6.15. The van der Waals surface area contributed by atoms with E-state index in [-0.39, 0.29) is 16.7 Å². The van der Waals surface area contributed by atoms with Crippen LogP contribution >= 0.6 is 11.3 Å². The predicted molar refractivity (Wildman–Crippen MR) is 82.9 cm³/mol. The maximum atomic E-state index is 10.8. The third-order valence-corrected chi connectivity index (χ3v) is 4.06. The molecule has 0 atom stereocenters. The lowest BCUT2D eigenvalue weighted by atomic mass is 10.0. The first-order chi connectivity index (χ1) is 10.5. The van der Waals surface area contributed by atoms with Crippen molar-refractivity contribution in [3.63, 3.8) is 0 Å². The van der Waals surface area contributed by atoms with Crippen LogP contribution in [0.4, 0.5) is 16.5 Å². The second-order valence-electron chi connectivity index (χ2n) is 4.53. The summed E-state index contributed by atoms with van der Waals surface area (Å²) in [6.45, 7) is 1.78. The van der Waals surface area contributed by atoms with Gasteiger partial charge < -0.3 is 5.11 Å². The van der Waals surface area contributed by atoms with Gasteiger partial charge in [-0.3, -0.25) is 20.3 Å². The number of hydrogen-bond acceptors (Lipinski definition) is 8. The summed E-state index contributed by atoms with van der Waals surface area (Å²) in [5, 5.41) is 29.5. The molecule has 0 radical (unpaired) electrons. The molecule has 112 valence electrons. The summed E-state index contributed by atoms with van der Waals surface area (Å²) >= 11 is 1.07. The number of rotatable bonds is 3. The number of hydrogen-bond donors (Lipinski definition) is 3. The van der Waals surface area contributed by atoms with E-state index in [1.165, 1.54) is 12.1 Å². The van der Waals surface area contributed by atoms with Crippen LogP contribution in [-0.4, -0.2) is 25.9 Å². The molecule has 0 amide bonds. The Hall–Kier alpha value is -2.78. The summed E-state index contributed by atoms with van der Waals surface area (Å²) < 4.78 is 0. The van der Waals surface area contributed by atoms with Crippen molar-refractivity contribution in [2.24, 2.45) is 4.99 Å². The van der Waals surface area contributed by atoms with Gasteiger partial charge in [-0.1, -0.05) is 11.3 Å². The molecule has 22 heavy (non-hydrogen) atoms. The van der Waals surface area contributed by atoms with Gasteiger partial charge in [0.2, 0.25) is 11.0 Å². The minimum absolute atomic E-state index is 0.0241. The van der Waals surface area contributed by atoms with Gasteiger partial charge in [0.1, 0.15) is 0 Å². The van der Waals surface area contributed by atoms with E-state index in [2.05, 4.69) is 9.98 Å². The number of fused-ring (bicyclic) bond motifs is 1. The molecule has 1 aromatic carbocycles. The van der Waals surface area contributed by atoms with Crippen molar-refractivity contribution in [1.29, 1.82) is 0 Å². The largest absolute Gasteiger partial charge is 0.492 e. The van der Waals surface area contributed by atoms with Crippen LogP contribution in [0.1, 0.15) is 17.4 Å². The molecule has 0 saturated carbocycles. The van der Waals surface area contributed by atoms with Gasteiger partial charge in [0.05, 0.1) is 15.5 Å². The van der Waals surface area contributed by atoms with E-state index >= 15 is 0 Å². The molecule has 9 heteroatoms. The van der Waals surface area contributed by atoms with Gasteiger partial charge in [-0.15, -0.1) is 0 Å². The van der Waals surface area contributed by atoms with Gasteiger partial charge in [0.25, 0.3) is 5.69 Å². The lowest BCUT2D eigenvalue weighted by Crippen LogP contribution is -1.90. The van der Waals surface area contributed by atoms with Gasteiger partial charge >= 0.3 is 0 Å². The summed E-state index contributed by atoms with van der Waals surface area (Å²) in [4.78, 5) is 18.8. The van der Waals surface area contributed by atoms with E-state index in [1.807, 2.05) is 5.48 Å². The summed E-state index contributed by atoms with van der Waals surface area (Å²) in [7, 11) is 0. The summed E-state index contributed by atoms with van der Waals surface area (Å²) in [5.74, 6) is -0.211. The molecule has 1 aromatic heterocycles. The fourth-order valence-electron chi connectivity index (χ4n) is 2.17. The van der Waals surface area contributed by atoms with Crippen LogP contribution in [0.2, 0.25) is 0 Å². The molecular formula is C13H10N4O4S. The van der Waals surface area contributed by atoms with Gasteiger partial charge in [-0.05, 0) is 19.1 Å². The normalized spacial score (nSPS) is 14.8. The third-order valence-electron chi connectivity index (χ3n) is 3.17. The Bertz CT molecular complexity index is 841. The van der Waals surface area contributed by atoms with E-state index in [9.17, 15) is 15.2 Å². The summed E-state index contributed by atoms with van der Waals surface area (Å²) in [5.41, 5.74) is 4.54. The maximum absolute atomic E-state index is 10.8. The van der Waals surface area contributed by atoms with Crippen molar-refractivity contribution >= 4 is 45.2 Å². The summed E-state index contributed by atoms with van der Waals surface area (Å²) in [6.07, 6.45) is 1.68. The maximum Gasteiger partial charge on any atom is 0.271 e. The fourth-order valence-corrected chi connectivity index (χ4v) is 2.87. The van der Waals surface area contributed by atoms with Gasteiger partial charge in [-0.25, -0.2) is 5.48 Å². The van der Waals surface area contributed by atoms with Crippen LogP contribution in [0.5, 0.6) is 5.88 Å². The minimum Gasteiger partial charge on any atom is -0.492 e. The molecule has 0 aliphatic carbocycles. The zero-order valence-corrected chi connectivity index (χ0v) is 12.1. The number of aliphatic imine (C=N–C) groups is 1. The van der Waals surface area contributed by atoms with Crippen LogP contribution in [-0.2, 0) is 0 Å². The molecule has 0 unspecified atom stereocenters. The van der Waals surface area contributed by atoms with Crippen LogP contribution in [0.15, 0.2) is 23.2 Å². The Morgan fingerprint density at radius 3 is 2.86 bits per heavy atom. The molecule has 1 aliphatic rings. The lowest BCUT2D eigenvalue weighted by Gasteiger charge is -2.01. The van der Waals surface area contributed by atoms with Crippen LogP contribution < -0.4 is 5.48 Å². The molecule has 0 saturated heterocycles. The average Bonchev–Trinajstić information content (AvgIpc) is 2.99. The quantitative estimate of drug-likeness (QED) is 0.590. The van der Waals surface area contributed by atoms with Crippen molar-refractivity contribution in [3.8, 4) is 5.88 Å². The molecule has 3 N–H and O–H groups in total.